The fourth-order valence-electron chi connectivity index (χ4n) is 2.30. The Kier molecular flexibility index (Phi) is 3.23. The average Bonchev–Trinajstić information content (AvgIpc) is 2.95. The zero-order chi connectivity index (χ0) is 9.80. The Morgan fingerprint density at radius 2 is 1.93 bits per heavy atom. The van der Waals surface area contributed by atoms with E-state index in [1.54, 1.807) is 0 Å². The molecule has 76 valence electrons. The van der Waals surface area contributed by atoms with Crippen LogP contribution >= 0.6 is 0 Å². The highest BCUT2D eigenvalue weighted by molar-refractivity contribution is 5.16. The van der Waals surface area contributed by atoms with Crippen molar-refractivity contribution in [2.75, 3.05) is 0 Å². The standard InChI is InChI=1S/C14H20/c1-2-3-9-13-11-14(13)10-12-7-5-4-6-8-12/h4-8,13-14H,2-3,9-11H2,1H3/t13-,14-/m1/s1. The molecule has 1 fully saturated rings. The molecule has 2 atom stereocenters. The third kappa shape index (κ3) is 2.60. The van der Waals surface area contributed by atoms with Gasteiger partial charge in [0.1, 0.15) is 0 Å². The van der Waals surface area contributed by atoms with Crippen LogP contribution in [-0.2, 0) is 6.42 Å². The molecule has 1 aliphatic carbocycles. The maximum atomic E-state index is 2.29. The second-order valence-corrected chi connectivity index (χ2v) is 4.59. The largest absolute Gasteiger partial charge is 0.0654 e. The molecular weight excluding hydrogens is 168 g/mol. The van der Waals surface area contributed by atoms with Crippen molar-refractivity contribution in [3.8, 4) is 0 Å². The summed E-state index contributed by atoms with van der Waals surface area (Å²) in [6.45, 7) is 2.29. The topological polar surface area (TPSA) is 0 Å². The lowest BCUT2D eigenvalue weighted by Gasteiger charge is -2.00. The Hall–Kier alpha value is -0.780. The molecule has 1 aromatic carbocycles. The normalized spacial score (nSPS) is 24.9. The van der Waals surface area contributed by atoms with E-state index in [0.29, 0.717) is 0 Å². The predicted octanol–water partition coefficient (Wildman–Crippen LogP) is 4.06. The fourth-order valence-corrected chi connectivity index (χ4v) is 2.30. The van der Waals surface area contributed by atoms with Gasteiger partial charge in [-0.15, -0.1) is 0 Å². The number of benzene rings is 1. The molecule has 0 N–H and O–H groups in total. The summed E-state index contributed by atoms with van der Waals surface area (Å²) >= 11 is 0. The fraction of sp³-hybridized carbons (Fsp3) is 0.571. The number of unbranched alkanes of at least 4 members (excludes halogenated alkanes) is 1. The minimum atomic E-state index is 1.00. The third-order valence-electron chi connectivity index (χ3n) is 3.34. The van der Waals surface area contributed by atoms with Gasteiger partial charge in [0.25, 0.3) is 0 Å². The number of rotatable bonds is 5. The highest BCUT2D eigenvalue weighted by Crippen LogP contribution is 2.44. The highest BCUT2D eigenvalue weighted by Gasteiger charge is 2.35. The average molecular weight is 188 g/mol. The van der Waals surface area contributed by atoms with E-state index in [9.17, 15) is 0 Å². The van der Waals surface area contributed by atoms with Gasteiger partial charge in [-0.3, -0.25) is 0 Å². The maximum Gasteiger partial charge on any atom is -0.0248 e. The van der Waals surface area contributed by atoms with Crippen LogP contribution in [0, 0.1) is 11.8 Å². The first-order valence-electron chi connectivity index (χ1n) is 5.94. The van der Waals surface area contributed by atoms with Gasteiger partial charge in [-0.25, -0.2) is 0 Å². The van der Waals surface area contributed by atoms with Crippen LogP contribution in [0.4, 0.5) is 0 Å². The van der Waals surface area contributed by atoms with E-state index in [2.05, 4.69) is 37.3 Å². The summed E-state index contributed by atoms with van der Waals surface area (Å²) < 4.78 is 0. The van der Waals surface area contributed by atoms with Crippen LogP contribution in [0.3, 0.4) is 0 Å². The molecule has 0 bridgehead atoms. The molecule has 0 unspecified atom stereocenters. The van der Waals surface area contributed by atoms with E-state index < -0.39 is 0 Å². The molecule has 0 spiro atoms. The number of hydrogen-bond donors (Lipinski definition) is 0. The minimum Gasteiger partial charge on any atom is -0.0654 e. The van der Waals surface area contributed by atoms with E-state index in [1.807, 2.05) is 0 Å². The Balaban J connectivity index is 1.74. The first-order valence-corrected chi connectivity index (χ1v) is 5.94. The molecule has 0 heteroatoms. The lowest BCUT2D eigenvalue weighted by Crippen LogP contribution is -1.89. The molecule has 0 aromatic heterocycles. The smallest absolute Gasteiger partial charge is 0.0248 e. The van der Waals surface area contributed by atoms with E-state index in [1.165, 1.54) is 37.7 Å². The van der Waals surface area contributed by atoms with Crippen molar-refractivity contribution in [3.05, 3.63) is 35.9 Å². The van der Waals surface area contributed by atoms with Gasteiger partial charge in [-0.2, -0.15) is 0 Å². The minimum absolute atomic E-state index is 1.00. The lowest BCUT2D eigenvalue weighted by molar-refractivity contribution is 0.600. The van der Waals surface area contributed by atoms with Crippen LogP contribution < -0.4 is 0 Å². The lowest BCUT2D eigenvalue weighted by atomic mass is 10.1. The molecule has 1 aromatic rings. The summed E-state index contributed by atoms with van der Waals surface area (Å²) in [7, 11) is 0. The molecule has 0 aliphatic heterocycles. The monoisotopic (exact) mass is 188 g/mol. The van der Waals surface area contributed by atoms with Crippen LogP contribution in [0.15, 0.2) is 30.3 Å². The number of hydrogen-bond acceptors (Lipinski definition) is 0. The Labute approximate surface area is 87.3 Å². The van der Waals surface area contributed by atoms with E-state index >= 15 is 0 Å². The van der Waals surface area contributed by atoms with E-state index in [4.69, 9.17) is 0 Å². The van der Waals surface area contributed by atoms with E-state index in [0.717, 1.165) is 11.8 Å². The molecule has 1 saturated carbocycles. The molecule has 2 rings (SSSR count). The van der Waals surface area contributed by atoms with Gasteiger partial charge < -0.3 is 0 Å². The van der Waals surface area contributed by atoms with Crippen molar-refractivity contribution >= 4 is 0 Å². The summed E-state index contributed by atoms with van der Waals surface area (Å²) in [5.41, 5.74) is 1.52. The Morgan fingerprint density at radius 1 is 1.14 bits per heavy atom. The molecular formula is C14H20. The van der Waals surface area contributed by atoms with Crippen LogP contribution in [0.25, 0.3) is 0 Å². The molecule has 0 radical (unpaired) electrons. The summed E-state index contributed by atoms with van der Waals surface area (Å²) in [6.07, 6.45) is 7.04. The van der Waals surface area contributed by atoms with Gasteiger partial charge in [-0.05, 0) is 30.2 Å². The zero-order valence-corrected chi connectivity index (χ0v) is 9.08. The molecule has 1 aliphatic rings. The van der Waals surface area contributed by atoms with Crippen LogP contribution in [0.2, 0.25) is 0 Å². The van der Waals surface area contributed by atoms with Crippen LogP contribution in [0.1, 0.15) is 38.2 Å². The second-order valence-electron chi connectivity index (χ2n) is 4.59. The van der Waals surface area contributed by atoms with Gasteiger partial charge in [0.15, 0.2) is 0 Å². The third-order valence-corrected chi connectivity index (χ3v) is 3.34. The van der Waals surface area contributed by atoms with Crippen molar-refractivity contribution in [3.63, 3.8) is 0 Å². The van der Waals surface area contributed by atoms with Crippen molar-refractivity contribution < 1.29 is 0 Å². The van der Waals surface area contributed by atoms with Crippen molar-refractivity contribution in [1.82, 2.24) is 0 Å². The van der Waals surface area contributed by atoms with Gasteiger partial charge in [-0.1, -0.05) is 56.5 Å². The first kappa shape index (κ1) is 9.76. The van der Waals surface area contributed by atoms with Crippen LogP contribution in [-0.4, -0.2) is 0 Å². The zero-order valence-electron chi connectivity index (χ0n) is 9.08. The summed E-state index contributed by atoms with van der Waals surface area (Å²) in [4.78, 5) is 0. The summed E-state index contributed by atoms with van der Waals surface area (Å²) in [5.74, 6) is 2.05. The van der Waals surface area contributed by atoms with Gasteiger partial charge in [0.05, 0.1) is 0 Å². The molecule has 0 saturated heterocycles. The van der Waals surface area contributed by atoms with E-state index in [-0.39, 0.29) is 0 Å². The first-order chi connectivity index (χ1) is 6.90. The Morgan fingerprint density at radius 3 is 2.64 bits per heavy atom. The molecule has 14 heavy (non-hydrogen) atoms. The molecule has 0 amide bonds. The predicted molar refractivity (Wildman–Crippen MR) is 61.3 cm³/mol. The summed E-state index contributed by atoms with van der Waals surface area (Å²) in [6, 6.07) is 10.9. The van der Waals surface area contributed by atoms with Crippen molar-refractivity contribution in [2.45, 2.75) is 39.0 Å². The maximum absolute atomic E-state index is 2.29. The second kappa shape index (κ2) is 4.63. The van der Waals surface area contributed by atoms with Crippen molar-refractivity contribution in [2.24, 2.45) is 11.8 Å². The summed E-state index contributed by atoms with van der Waals surface area (Å²) in [5, 5.41) is 0. The van der Waals surface area contributed by atoms with Crippen LogP contribution in [0.5, 0.6) is 0 Å². The quantitative estimate of drug-likeness (QED) is 0.653. The van der Waals surface area contributed by atoms with Gasteiger partial charge in [0, 0.05) is 0 Å². The molecule has 0 nitrogen and oxygen atoms in total. The molecule has 0 heterocycles. The van der Waals surface area contributed by atoms with Gasteiger partial charge >= 0.3 is 0 Å². The van der Waals surface area contributed by atoms with Crippen molar-refractivity contribution in [1.29, 1.82) is 0 Å². The highest BCUT2D eigenvalue weighted by atomic mass is 14.4. The SMILES string of the molecule is CCCC[C@@H]1C[C@H]1Cc1ccccc1. The van der Waals surface area contributed by atoms with Gasteiger partial charge in [0.2, 0.25) is 0 Å². The Bertz CT molecular complexity index is 263.